The predicted molar refractivity (Wildman–Crippen MR) is 95.2 cm³/mol. The lowest BCUT2D eigenvalue weighted by atomic mass is 9.95. The molecule has 1 aromatic heterocycles. The van der Waals surface area contributed by atoms with Gasteiger partial charge in [-0.3, -0.25) is 9.59 Å². The number of hydrogen-bond acceptors (Lipinski definition) is 5. The first-order chi connectivity index (χ1) is 12.1. The Labute approximate surface area is 147 Å². The number of fused-ring (bicyclic) bond motifs is 1. The smallest absolute Gasteiger partial charge is 0.254 e. The quantitative estimate of drug-likeness (QED) is 0.534. The summed E-state index contributed by atoms with van der Waals surface area (Å²) in [4.78, 5) is 23.3. The Balaban J connectivity index is 1.34. The van der Waals surface area contributed by atoms with Crippen LogP contribution in [0.5, 0.6) is 0 Å². The highest BCUT2D eigenvalue weighted by molar-refractivity contribution is 5.97. The second kappa shape index (κ2) is 8.33. The fourth-order valence-electron chi connectivity index (χ4n) is 3.63. The van der Waals surface area contributed by atoms with Gasteiger partial charge in [0.2, 0.25) is 5.91 Å². The Morgan fingerprint density at radius 2 is 2.12 bits per heavy atom. The van der Waals surface area contributed by atoms with Gasteiger partial charge in [-0.2, -0.15) is 5.10 Å². The lowest BCUT2D eigenvalue weighted by molar-refractivity contribution is -0.121. The maximum atomic E-state index is 12.0. The Bertz CT molecular complexity index is 608. The molecule has 0 spiro atoms. The zero-order chi connectivity index (χ0) is 17.6. The fraction of sp³-hybridized carbons (Fsp3) is 0.706. The minimum absolute atomic E-state index is 0.140. The van der Waals surface area contributed by atoms with E-state index >= 15 is 0 Å². The lowest BCUT2D eigenvalue weighted by Crippen LogP contribution is -2.39. The summed E-state index contributed by atoms with van der Waals surface area (Å²) in [5.74, 6) is 0.737. The number of hydrogen-bond donors (Lipinski definition) is 4. The Morgan fingerprint density at radius 3 is 2.88 bits per heavy atom. The minimum atomic E-state index is -0.464. The summed E-state index contributed by atoms with van der Waals surface area (Å²) in [5.41, 5.74) is 5.76. The second-order valence-corrected chi connectivity index (χ2v) is 7.06. The second-order valence-electron chi connectivity index (χ2n) is 7.06. The summed E-state index contributed by atoms with van der Waals surface area (Å²) in [7, 11) is 0. The van der Waals surface area contributed by atoms with E-state index in [4.69, 9.17) is 5.73 Å². The molecule has 138 valence electrons. The van der Waals surface area contributed by atoms with Crippen molar-refractivity contribution in [3.05, 3.63) is 11.8 Å². The van der Waals surface area contributed by atoms with E-state index in [1.165, 1.54) is 25.5 Å². The number of carbonyl (C=O) groups is 2. The monoisotopic (exact) mass is 348 g/mol. The van der Waals surface area contributed by atoms with Crippen molar-refractivity contribution in [2.75, 3.05) is 25.0 Å². The summed E-state index contributed by atoms with van der Waals surface area (Å²) in [6.45, 7) is 2.96. The molecule has 8 nitrogen and oxygen atoms in total. The summed E-state index contributed by atoms with van der Waals surface area (Å²) in [5, 5.41) is 13.9. The number of aromatic nitrogens is 2. The van der Waals surface area contributed by atoms with Crippen LogP contribution in [0.25, 0.3) is 0 Å². The Hall–Kier alpha value is -2.09. The topological polar surface area (TPSA) is 114 Å². The number of nitrogens with two attached hydrogens (primary N) is 1. The zero-order valence-corrected chi connectivity index (χ0v) is 14.6. The first-order valence-corrected chi connectivity index (χ1v) is 9.23. The number of nitrogens with zero attached hydrogens (tertiary/aromatic N) is 2. The molecule has 2 heterocycles. The van der Waals surface area contributed by atoms with Crippen LogP contribution in [0, 0.1) is 5.92 Å². The van der Waals surface area contributed by atoms with E-state index in [1.807, 2.05) is 0 Å². The average Bonchev–Trinajstić information content (AvgIpc) is 3.03. The van der Waals surface area contributed by atoms with E-state index in [-0.39, 0.29) is 5.91 Å². The van der Waals surface area contributed by atoms with Crippen LogP contribution in [0.15, 0.2) is 6.20 Å². The van der Waals surface area contributed by atoms with Crippen LogP contribution < -0.4 is 21.7 Å². The van der Waals surface area contributed by atoms with Gasteiger partial charge in [0.05, 0.1) is 6.20 Å². The maximum absolute atomic E-state index is 12.0. The molecule has 0 saturated heterocycles. The van der Waals surface area contributed by atoms with Crippen LogP contribution in [0.3, 0.4) is 0 Å². The van der Waals surface area contributed by atoms with Crippen molar-refractivity contribution in [1.29, 1.82) is 0 Å². The molecule has 0 aromatic carbocycles. The molecule has 1 aliphatic carbocycles. The van der Waals surface area contributed by atoms with Crippen molar-refractivity contribution in [3.63, 3.8) is 0 Å². The number of carbonyl (C=O) groups excluding carboxylic acids is 2. The third-order valence-electron chi connectivity index (χ3n) is 5.03. The SMILES string of the molecule is NC(=O)c1cnn2c1NC[C@@H](CNCCC(=O)NC1CCCCC1)C2. The first-order valence-electron chi connectivity index (χ1n) is 9.23. The molecule has 1 aromatic rings. The van der Waals surface area contributed by atoms with Crippen LogP contribution >= 0.6 is 0 Å². The van der Waals surface area contributed by atoms with E-state index < -0.39 is 5.91 Å². The van der Waals surface area contributed by atoms with Gasteiger partial charge in [-0.1, -0.05) is 19.3 Å². The highest BCUT2D eigenvalue weighted by Crippen LogP contribution is 2.21. The molecule has 3 rings (SSSR count). The van der Waals surface area contributed by atoms with E-state index in [1.54, 1.807) is 4.68 Å². The van der Waals surface area contributed by atoms with Gasteiger partial charge < -0.3 is 21.7 Å². The molecule has 2 aliphatic rings. The number of anilines is 1. The van der Waals surface area contributed by atoms with Gasteiger partial charge >= 0.3 is 0 Å². The summed E-state index contributed by atoms with van der Waals surface area (Å²) in [6, 6.07) is 0.376. The number of primary amides is 1. The molecule has 1 aliphatic heterocycles. The number of amides is 2. The minimum Gasteiger partial charge on any atom is -0.369 e. The van der Waals surface area contributed by atoms with Gasteiger partial charge in [0.15, 0.2) is 0 Å². The third kappa shape index (κ3) is 4.72. The van der Waals surface area contributed by atoms with Crippen molar-refractivity contribution >= 4 is 17.6 Å². The van der Waals surface area contributed by atoms with E-state index in [0.717, 1.165) is 32.5 Å². The Morgan fingerprint density at radius 1 is 1.32 bits per heavy atom. The molecule has 0 unspecified atom stereocenters. The molecular formula is C17H28N6O2. The standard InChI is InChI=1S/C17H28N6O2/c18-16(25)14-10-21-23-11-12(9-20-17(14)23)8-19-7-6-15(24)22-13-4-2-1-3-5-13/h10,12-13,19-20H,1-9,11H2,(H2,18,25)(H,22,24)/t12-/m1/s1. The van der Waals surface area contributed by atoms with Crippen LogP contribution in [0.2, 0.25) is 0 Å². The molecule has 0 bridgehead atoms. The summed E-state index contributed by atoms with van der Waals surface area (Å²) >= 11 is 0. The molecule has 5 N–H and O–H groups in total. The number of nitrogens with one attached hydrogen (secondary N) is 3. The van der Waals surface area contributed by atoms with Gasteiger partial charge in [-0.05, 0) is 12.8 Å². The van der Waals surface area contributed by atoms with Crippen molar-refractivity contribution in [2.45, 2.75) is 51.1 Å². The van der Waals surface area contributed by atoms with Gasteiger partial charge in [-0.15, -0.1) is 0 Å². The highest BCUT2D eigenvalue weighted by atomic mass is 16.2. The van der Waals surface area contributed by atoms with Gasteiger partial charge in [0.25, 0.3) is 5.91 Å². The van der Waals surface area contributed by atoms with E-state index in [9.17, 15) is 9.59 Å². The van der Waals surface area contributed by atoms with Crippen molar-refractivity contribution in [3.8, 4) is 0 Å². The molecular weight excluding hydrogens is 320 g/mol. The summed E-state index contributed by atoms with van der Waals surface area (Å²) in [6.07, 6.45) is 8.00. The average molecular weight is 348 g/mol. The van der Waals surface area contributed by atoms with Crippen LogP contribution in [-0.4, -0.2) is 47.3 Å². The Kier molecular flexibility index (Phi) is 5.91. The van der Waals surface area contributed by atoms with Crippen LogP contribution in [0.1, 0.15) is 48.9 Å². The largest absolute Gasteiger partial charge is 0.369 e. The van der Waals surface area contributed by atoms with Gasteiger partial charge in [0.1, 0.15) is 11.4 Å². The van der Waals surface area contributed by atoms with E-state index in [0.29, 0.717) is 36.3 Å². The third-order valence-corrected chi connectivity index (χ3v) is 5.03. The normalized spacial score (nSPS) is 20.6. The highest BCUT2D eigenvalue weighted by Gasteiger charge is 2.23. The van der Waals surface area contributed by atoms with Crippen molar-refractivity contribution in [2.24, 2.45) is 11.7 Å². The van der Waals surface area contributed by atoms with Crippen molar-refractivity contribution in [1.82, 2.24) is 20.4 Å². The molecule has 8 heteroatoms. The fourth-order valence-corrected chi connectivity index (χ4v) is 3.63. The maximum Gasteiger partial charge on any atom is 0.254 e. The first kappa shape index (κ1) is 17.7. The van der Waals surface area contributed by atoms with Crippen LogP contribution in [-0.2, 0) is 11.3 Å². The molecule has 25 heavy (non-hydrogen) atoms. The molecule has 1 fully saturated rings. The molecule has 2 amide bonds. The predicted octanol–water partition coefficient (Wildman–Crippen LogP) is 0.452. The molecule has 0 radical (unpaired) electrons. The zero-order valence-electron chi connectivity index (χ0n) is 14.6. The van der Waals surface area contributed by atoms with Crippen molar-refractivity contribution < 1.29 is 9.59 Å². The summed E-state index contributed by atoms with van der Waals surface area (Å²) < 4.78 is 1.78. The number of rotatable bonds is 7. The van der Waals surface area contributed by atoms with Crippen LogP contribution in [0.4, 0.5) is 5.82 Å². The van der Waals surface area contributed by atoms with E-state index in [2.05, 4.69) is 21.0 Å². The molecule has 1 atom stereocenters. The molecule has 1 saturated carbocycles. The van der Waals surface area contributed by atoms with Gasteiger partial charge in [0, 0.05) is 44.6 Å². The van der Waals surface area contributed by atoms with Gasteiger partial charge in [-0.25, -0.2) is 4.68 Å². The lowest BCUT2D eigenvalue weighted by Gasteiger charge is -2.26.